The van der Waals surface area contributed by atoms with Crippen LogP contribution in [0.4, 0.5) is 5.69 Å². The molecular formula is C16H20N4O. The number of rotatable bonds is 4. The van der Waals surface area contributed by atoms with E-state index in [2.05, 4.69) is 20.5 Å². The van der Waals surface area contributed by atoms with E-state index in [-0.39, 0.29) is 5.91 Å². The molecule has 1 amide bonds. The van der Waals surface area contributed by atoms with Gasteiger partial charge < -0.3 is 5.32 Å². The number of amides is 1. The van der Waals surface area contributed by atoms with Gasteiger partial charge in [0.15, 0.2) is 5.82 Å². The molecule has 1 fully saturated rings. The standard InChI is InChI=1S/C16H20N4O/c21-15(9-12-5-2-1-3-6-12)19-14-8-4-7-13(10-14)16-17-11-18-20-16/h4,7-8,10-12H,1-3,5-6,9H2,(H,19,21)(H,17,18,20). The summed E-state index contributed by atoms with van der Waals surface area (Å²) in [6, 6.07) is 7.67. The van der Waals surface area contributed by atoms with Gasteiger partial charge in [0, 0.05) is 17.7 Å². The molecule has 1 heterocycles. The van der Waals surface area contributed by atoms with Gasteiger partial charge in [0.2, 0.25) is 5.91 Å². The maximum Gasteiger partial charge on any atom is 0.224 e. The van der Waals surface area contributed by atoms with Crippen LogP contribution in [0.3, 0.4) is 0 Å². The molecule has 2 aromatic rings. The van der Waals surface area contributed by atoms with Gasteiger partial charge in [-0.3, -0.25) is 9.89 Å². The Morgan fingerprint density at radius 3 is 2.90 bits per heavy atom. The van der Waals surface area contributed by atoms with Crippen molar-refractivity contribution in [1.29, 1.82) is 0 Å². The van der Waals surface area contributed by atoms with E-state index in [0.29, 0.717) is 18.2 Å². The molecular weight excluding hydrogens is 264 g/mol. The third-order valence-electron chi connectivity index (χ3n) is 4.03. The lowest BCUT2D eigenvalue weighted by molar-refractivity contribution is -0.117. The number of hydrogen-bond donors (Lipinski definition) is 2. The Bertz CT molecular complexity index is 588. The molecule has 0 spiro atoms. The molecule has 1 saturated carbocycles. The molecule has 1 aliphatic rings. The molecule has 0 bridgehead atoms. The Morgan fingerprint density at radius 1 is 1.29 bits per heavy atom. The Kier molecular flexibility index (Phi) is 4.28. The van der Waals surface area contributed by atoms with Crippen LogP contribution in [0, 0.1) is 5.92 Å². The van der Waals surface area contributed by atoms with Crippen LogP contribution in [0.5, 0.6) is 0 Å². The number of aromatic nitrogens is 3. The lowest BCUT2D eigenvalue weighted by Gasteiger charge is -2.20. The molecule has 2 N–H and O–H groups in total. The largest absolute Gasteiger partial charge is 0.326 e. The molecule has 1 aromatic carbocycles. The quantitative estimate of drug-likeness (QED) is 0.904. The first-order valence-corrected chi connectivity index (χ1v) is 7.57. The van der Waals surface area contributed by atoms with Crippen LogP contribution in [0.1, 0.15) is 38.5 Å². The summed E-state index contributed by atoms with van der Waals surface area (Å²) in [7, 11) is 0. The van der Waals surface area contributed by atoms with Gasteiger partial charge >= 0.3 is 0 Å². The molecule has 21 heavy (non-hydrogen) atoms. The second-order valence-corrected chi connectivity index (χ2v) is 5.67. The van der Waals surface area contributed by atoms with E-state index < -0.39 is 0 Å². The Balaban J connectivity index is 1.62. The first-order valence-electron chi connectivity index (χ1n) is 7.57. The molecule has 5 heteroatoms. The van der Waals surface area contributed by atoms with Crippen molar-refractivity contribution in [3.63, 3.8) is 0 Å². The van der Waals surface area contributed by atoms with Crippen LogP contribution >= 0.6 is 0 Å². The molecule has 1 aliphatic carbocycles. The molecule has 1 aromatic heterocycles. The zero-order chi connectivity index (χ0) is 14.5. The van der Waals surface area contributed by atoms with E-state index in [1.54, 1.807) is 0 Å². The van der Waals surface area contributed by atoms with Crippen molar-refractivity contribution in [1.82, 2.24) is 15.2 Å². The second-order valence-electron chi connectivity index (χ2n) is 5.67. The fraction of sp³-hybridized carbons (Fsp3) is 0.438. The first-order chi connectivity index (χ1) is 10.3. The summed E-state index contributed by atoms with van der Waals surface area (Å²) in [5.41, 5.74) is 1.73. The van der Waals surface area contributed by atoms with Crippen LogP contribution in [0.25, 0.3) is 11.4 Å². The number of benzene rings is 1. The summed E-state index contributed by atoms with van der Waals surface area (Å²) in [4.78, 5) is 16.3. The Hall–Kier alpha value is -2.17. The molecule has 0 saturated heterocycles. The van der Waals surface area contributed by atoms with Gasteiger partial charge in [0.1, 0.15) is 6.33 Å². The number of nitrogens with zero attached hydrogens (tertiary/aromatic N) is 2. The highest BCUT2D eigenvalue weighted by molar-refractivity contribution is 5.91. The van der Waals surface area contributed by atoms with Crippen molar-refractivity contribution in [2.45, 2.75) is 38.5 Å². The topological polar surface area (TPSA) is 70.7 Å². The normalized spacial score (nSPS) is 15.8. The highest BCUT2D eigenvalue weighted by atomic mass is 16.1. The van der Waals surface area contributed by atoms with Crippen molar-refractivity contribution >= 4 is 11.6 Å². The van der Waals surface area contributed by atoms with E-state index in [1.807, 2.05) is 24.3 Å². The summed E-state index contributed by atoms with van der Waals surface area (Å²) in [6.45, 7) is 0. The van der Waals surface area contributed by atoms with Gasteiger partial charge in [-0.15, -0.1) is 0 Å². The molecule has 5 nitrogen and oxygen atoms in total. The molecule has 0 atom stereocenters. The summed E-state index contributed by atoms with van der Waals surface area (Å²) in [5.74, 6) is 1.37. The van der Waals surface area contributed by atoms with Gasteiger partial charge in [-0.2, -0.15) is 5.10 Å². The Labute approximate surface area is 124 Å². The van der Waals surface area contributed by atoms with Gasteiger partial charge in [0.25, 0.3) is 0 Å². The van der Waals surface area contributed by atoms with Gasteiger partial charge in [0.05, 0.1) is 0 Å². The van der Waals surface area contributed by atoms with Crippen molar-refractivity contribution in [3.05, 3.63) is 30.6 Å². The summed E-state index contributed by atoms with van der Waals surface area (Å²) >= 11 is 0. The van der Waals surface area contributed by atoms with Crippen LogP contribution in [0.2, 0.25) is 0 Å². The van der Waals surface area contributed by atoms with E-state index >= 15 is 0 Å². The molecule has 0 aliphatic heterocycles. The smallest absolute Gasteiger partial charge is 0.224 e. The van der Waals surface area contributed by atoms with Gasteiger partial charge in [-0.1, -0.05) is 31.4 Å². The molecule has 110 valence electrons. The van der Waals surface area contributed by atoms with Crippen LogP contribution < -0.4 is 5.32 Å². The molecule has 0 unspecified atom stereocenters. The third kappa shape index (κ3) is 3.68. The average molecular weight is 284 g/mol. The number of carbonyl (C=O) groups is 1. The Morgan fingerprint density at radius 2 is 2.14 bits per heavy atom. The second kappa shape index (κ2) is 6.52. The van der Waals surface area contributed by atoms with E-state index in [1.165, 1.54) is 38.4 Å². The molecule has 0 radical (unpaired) electrons. The monoisotopic (exact) mass is 284 g/mol. The van der Waals surface area contributed by atoms with Crippen molar-refractivity contribution in [2.24, 2.45) is 5.92 Å². The van der Waals surface area contributed by atoms with Crippen molar-refractivity contribution in [2.75, 3.05) is 5.32 Å². The van der Waals surface area contributed by atoms with E-state index in [9.17, 15) is 4.79 Å². The van der Waals surface area contributed by atoms with Crippen molar-refractivity contribution in [3.8, 4) is 11.4 Å². The summed E-state index contributed by atoms with van der Waals surface area (Å²) in [5, 5.41) is 9.66. The van der Waals surface area contributed by atoms with Crippen LogP contribution in [-0.2, 0) is 4.79 Å². The minimum absolute atomic E-state index is 0.108. The number of aromatic amines is 1. The predicted molar refractivity (Wildman–Crippen MR) is 81.6 cm³/mol. The number of nitrogens with one attached hydrogen (secondary N) is 2. The number of carbonyl (C=O) groups excluding carboxylic acids is 1. The minimum atomic E-state index is 0.108. The fourth-order valence-corrected chi connectivity index (χ4v) is 2.95. The van der Waals surface area contributed by atoms with E-state index in [0.717, 1.165) is 11.3 Å². The van der Waals surface area contributed by atoms with Crippen LogP contribution in [-0.4, -0.2) is 21.1 Å². The van der Waals surface area contributed by atoms with Crippen LogP contribution in [0.15, 0.2) is 30.6 Å². The number of anilines is 1. The molecule has 3 rings (SSSR count). The lowest BCUT2D eigenvalue weighted by Crippen LogP contribution is -2.18. The zero-order valence-corrected chi connectivity index (χ0v) is 12.0. The maximum absolute atomic E-state index is 12.1. The van der Waals surface area contributed by atoms with Crippen molar-refractivity contribution < 1.29 is 4.79 Å². The maximum atomic E-state index is 12.1. The number of H-pyrrole nitrogens is 1. The summed E-state index contributed by atoms with van der Waals surface area (Å²) < 4.78 is 0. The lowest BCUT2D eigenvalue weighted by atomic mass is 9.87. The fourth-order valence-electron chi connectivity index (χ4n) is 2.95. The highest BCUT2D eigenvalue weighted by Gasteiger charge is 2.17. The third-order valence-corrected chi connectivity index (χ3v) is 4.03. The highest BCUT2D eigenvalue weighted by Crippen LogP contribution is 2.27. The summed E-state index contributed by atoms with van der Waals surface area (Å²) in [6.07, 6.45) is 8.32. The SMILES string of the molecule is O=C(CC1CCCCC1)Nc1cccc(-c2ncn[nH]2)c1. The van der Waals surface area contributed by atoms with E-state index in [4.69, 9.17) is 0 Å². The number of hydrogen-bond acceptors (Lipinski definition) is 3. The minimum Gasteiger partial charge on any atom is -0.326 e. The predicted octanol–water partition coefficient (Wildman–Crippen LogP) is 3.38. The zero-order valence-electron chi connectivity index (χ0n) is 12.0. The van der Waals surface area contributed by atoms with Gasteiger partial charge in [-0.25, -0.2) is 4.98 Å². The average Bonchev–Trinajstić information content (AvgIpc) is 3.02. The van der Waals surface area contributed by atoms with Gasteiger partial charge in [-0.05, 0) is 30.9 Å². The first kappa shape index (κ1) is 13.8.